The van der Waals surface area contributed by atoms with Crippen LogP contribution in [-0.2, 0) is 9.53 Å². The number of carbonyl (C=O) groups is 1. The van der Waals surface area contributed by atoms with E-state index in [1.54, 1.807) is 0 Å². The van der Waals surface area contributed by atoms with Crippen LogP contribution in [0.2, 0.25) is 5.02 Å². The fourth-order valence-corrected chi connectivity index (χ4v) is 4.57. The third kappa shape index (κ3) is 5.11. The summed E-state index contributed by atoms with van der Waals surface area (Å²) >= 11 is 7.83. The molecule has 3 aromatic rings. The lowest BCUT2D eigenvalue weighted by atomic mass is 10.1. The summed E-state index contributed by atoms with van der Waals surface area (Å²) in [5.74, 6) is 0.856. The lowest BCUT2D eigenvalue weighted by molar-refractivity contribution is -0.119. The van der Waals surface area contributed by atoms with Crippen LogP contribution in [-0.4, -0.2) is 45.7 Å². The number of hydrogen-bond donors (Lipinski definition) is 1. The van der Waals surface area contributed by atoms with Crippen LogP contribution in [0.1, 0.15) is 24.0 Å². The summed E-state index contributed by atoms with van der Waals surface area (Å²) < 4.78 is 7.56. The van der Waals surface area contributed by atoms with Gasteiger partial charge in [0.25, 0.3) is 0 Å². The molecule has 1 aliphatic heterocycles. The Kier molecular flexibility index (Phi) is 6.95. The third-order valence-corrected chi connectivity index (χ3v) is 6.50. The molecular weight excluding hydrogens is 432 g/mol. The van der Waals surface area contributed by atoms with Crippen molar-refractivity contribution in [1.82, 2.24) is 20.1 Å². The topological polar surface area (TPSA) is 69.0 Å². The van der Waals surface area contributed by atoms with Crippen molar-refractivity contribution in [2.24, 2.45) is 0 Å². The second kappa shape index (κ2) is 9.85. The van der Waals surface area contributed by atoms with Crippen LogP contribution in [0.4, 0.5) is 0 Å². The predicted molar refractivity (Wildman–Crippen MR) is 124 cm³/mol. The van der Waals surface area contributed by atoms with E-state index in [1.807, 2.05) is 42.7 Å². The van der Waals surface area contributed by atoms with Crippen molar-refractivity contribution in [3.63, 3.8) is 0 Å². The molecule has 0 radical (unpaired) electrons. The van der Waals surface area contributed by atoms with E-state index in [-0.39, 0.29) is 17.8 Å². The Morgan fingerprint density at radius 2 is 2.10 bits per heavy atom. The molecule has 1 atom stereocenters. The fraction of sp³-hybridized carbons (Fsp3) is 0.348. The van der Waals surface area contributed by atoms with Crippen LogP contribution in [0.5, 0.6) is 0 Å². The van der Waals surface area contributed by atoms with Gasteiger partial charge in [0.2, 0.25) is 5.91 Å². The largest absolute Gasteiger partial charge is 0.376 e. The number of halogens is 1. The minimum atomic E-state index is -0.0460. The van der Waals surface area contributed by atoms with Gasteiger partial charge in [-0.25, -0.2) is 0 Å². The Hall–Kier alpha value is -2.35. The maximum Gasteiger partial charge on any atom is 0.230 e. The summed E-state index contributed by atoms with van der Waals surface area (Å²) in [6, 6.07) is 13.8. The van der Waals surface area contributed by atoms with Gasteiger partial charge in [-0.2, -0.15) is 0 Å². The Balaban J connectivity index is 1.61. The van der Waals surface area contributed by atoms with Crippen LogP contribution < -0.4 is 5.32 Å². The van der Waals surface area contributed by atoms with Gasteiger partial charge in [0, 0.05) is 18.7 Å². The smallest absolute Gasteiger partial charge is 0.230 e. The Labute approximate surface area is 191 Å². The van der Waals surface area contributed by atoms with E-state index < -0.39 is 0 Å². The van der Waals surface area contributed by atoms with Gasteiger partial charge in [-0.15, -0.1) is 10.2 Å². The molecule has 162 valence electrons. The average molecular weight is 457 g/mol. The van der Waals surface area contributed by atoms with Crippen molar-refractivity contribution in [3.8, 4) is 17.1 Å². The van der Waals surface area contributed by atoms with Gasteiger partial charge in [-0.05, 0) is 56.0 Å². The summed E-state index contributed by atoms with van der Waals surface area (Å²) in [5, 5.41) is 13.1. The molecule has 31 heavy (non-hydrogen) atoms. The Morgan fingerprint density at radius 3 is 2.87 bits per heavy atom. The molecule has 0 spiro atoms. The van der Waals surface area contributed by atoms with Crippen LogP contribution >= 0.6 is 23.4 Å². The third-order valence-electron chi connectivity index (χ3n) is 5.24. The highest BCUT2D eigenvalue weighted by atomic mass is 35.5. The second-order valence-corrected chi connectivity index (χ2v) is 8.99. The maximum absolute atomic E-state index is 12.4. The summed E-state index contributed by atoms with van der Waals surface area (Å²) in [4.78, 5) is 12.4. The molecule has 2 aromatic carbocycles. The molecule has 2 heterocycles. The number of hydrogen-bond acceptors (Lipinski definition) is 5. The summed E-state index contributed by atoms with van der Waals surface area (Å²) in [7, 11) is 0. The quantitative estimate of drug-likeness (QED) is 0.526. The van der Waals surface area contributed by atoms with Crippen LogP contribution in [0.15, 0.2) is 47.6 Å². The number of rotatable bonds is 7. The molecule has 1 aliphatic rings. The van der Waals surface area contributed by atoms with E-state index in [0.29, 0.717) is 22.5 Å². The molecular formula is C23H25ClN4O2S. The van der Waals surface area contributed by atoms with E-state index in [1.165, 1.54) is 11.8 Å². The first-order valence-corrected chi connectivity index (χ1v) is 11.7. The van der Waals surface area contributed by atoms with E-state index in [2.05, 4.69) is 33.7 Å². The van der Waals surface area contributed by atoms with Crippen molar-refractivity contribution in [2.45, 2.75) is 37.9 Å². The number of amides is 1. The lowest BCUT2D eigenvalue weighted by Crippen LogP contribution is -2.32. The van der Waals surface area contributed by atoms with Crippen molar-refractivity contribution < 1.29 is 9.53 Å². The SMILES string of the molecule is Cc1ccc(C)c(-n2c(SCC(=O)NC[C@@H]3CCCO3)nnc2-c2ccccc2Cl)c1. The van der Waals surface area contributed by atoms with Crippen molar-refractivity contribution in [1.29, 1.82) is 0 Å². The zero-order valence-corrected chi connectivity index (χ0v) is 19.2. The number of benzene rings is 2. The average Bonchev–Trinajstić information content (AvgIpc) is 3.43. The maximum atomic E-state index is 12.4. The molecule has 0 unspecified atom stereocenters. The van der Waals surface area contributed by atoms with Gasteiger partial charge < -0.3 is 10.1 Å². The van der Waals surface area contributed by atoms with E-state index >= 15 is 0 Å². The molecule has 0 bridgehead atoms. The molecule has 8 heteroatoms. The number of nitrogens with zero attached hydrogens (tertiary/aromatic N) is 3. The number of nitrogens with one attached hydrogen (secondary N) is 1. The number of thioether (sulfide) groups is 1. The summed E-state index contributed by atoms with van der Waals surface area (Å²) in [5.41, 5.74) is 3.99. The van der Waals surface area contributed by atoms with Gasteiger partial charge in [0.1, 0.15) is 0 Å². The Morgan fingerprint density at radius 1 is 1.26 bits per heavy atom. The predicted octanol–water partition coefficient (Wildman–Crippen LogP) is 4.59. The molecule has 0 aliphatic carbocycles. The van der Waals surface area contributed by atoms with Crippen LogP contribution in [0, 0.1) is 13.8 Å². The van der Waals surface area contributed by atoms with E-state index in [0.717, 1.165) is 41.8 Å². The van der Waals surface area contributed by atoms with Crippen LogP contribution in [0.25, 0.3) is 17.1 Å². The van der Waals surface area contributed by atoms with Gasteiger partial charge >= 0.3 is 0 Å². The number of aryl methyl sites for hydroxylation is 2. The first kappa shape index (κ1) is 21.9. The number of carbonyl (C=O) groups excluding carboxylic acids is 1. The monoisotopic (exact) mass is 456 g/mol. The minimum absolute atomic E-state index is 0.0460. The lowest BCUT2D eigenvalue weighted by Gasteiger charge is -2.14. The van der Waals surface area contributed by atoms with Gasteiger partial charge in [-0.1, -0.05) is 47.6 Å². The molecule has 1 N–H and O–H groups in total. The second-order valence-electron chi connectivity index (χ2n) is 7.64. The molecule has 1 aromatic heterocycles. The summed E-state index contributed by atoms with van der Waals surface area (Å²) in [6.07, 6.45) is 2.17. The normalized spacial score (nSPS) is 15.9. The standard InChI is InChI=1S/C23H25ClN4O2S/c1-15-9-10-16(2)20(12-15)28-22(18-7-3-4-8-19(18)24)26-27-23(28)31-14-21(29)25-13-17-6-5-11-30-17/h3-4,7-10,12,17H,5-6,11,13-14H2,1-2H3,(H,25,29)/t17-/m0/s1. The molecule has 1 saturated heterocycles. The van der Waals surface area contributed by atoms with Gasteiger partial charge in [0.15, 0.2) is 11.0 Å². The highest BCUT2D eigenvalue weighted by Gasteiger charge is 2.21. The van der Waals surface area contributed by atoms with Crippen molar-refractivity contribution in [2.75, 3.05) is 18.9 Å². The number of ether oxygens (including phenoxy) is 1. The van der Waals surface area contributed by atoms with Crippen molar-refractivity contribution in [3.05, 3.63) is 58.6 Å². The Bertz CT molecular complexity index is 1080. The molecule has 0 saturated carbocycles. The molecule has 1 amide bonds. The molecule has 4 rings (SSSR count). The van der Waals surface area contributed by atoms with Crippen molar-refractivity contribution >= 4 is 29.3 Å². The zero-order valence-electron chi connectivity index (χ0n) is 17.6. The minimum Gasteiger partial charge on any atom is -0.376 e. The number of aromatic nitrogens is 3. The van der Waals surface area contributed by atoms with E-state index in [9.17, 15) is 4.79 Å². The highest BCUT2D eigenvalue weighted by Crippen LogP contribution is 2.33. The highest BCUT2D eigenvalue weighted by molar-refractivity contribution is 7.99. The summed E-state index contributed by atoms with van der Waals surface area (Å²) in [6.45, 7) is 5.43. The van der Waals surface area contributed by atoms with Gasteiger partial charge in [0.05, 0.1) is 22.6 Å². The van der Waals surface area contributed by atoms with E-state index in [4.69, 9.17) is 16.3 Å². The molecule has 6 nitrogen and oxygen atoms in total. The fourth-order valence-electron chi connectivity index (χ4n) is 3.57. The molecule has 1 fully saturated rings. The first-order valence-electron chi connectivity index (χ1n) is 10.3. The first-order chi connectivity index (χ1) is 15.0. The van der Waals surface area contributed by atoms with Gasteiger partial charge in [-0.3, -0.25) is 9.36 Å². The van der Waals surface area contributed by atoms with Crippen LogP contribution in [0.3, 0.4) is 0 Å². The zero-order chi connectivity index (χ0) is 21.8.